The number of hydrogen-bond donors (Lipinski definition) is 1. The second-order valence-electron chi connectivity index (χ2n) is 6.19. The van der Waals surface area contributed by atoms with Gasteiger partial charge in [-0.15, -0.1) is 11.3 Å². The van der Waals surface area contributed by atoms with Crippen molar-refractivity contribution < 1.29 is 23.0 Å². The van der Waals surface area contributed by atoms with Crippen molar-refractivity contribution in [1.82, 2.24) is 9.88 Å². The van der Waals surface area contributed by atoms with Crippen LogP contribution in [0.25, 0.3) is 0 Å². The minimum Gasteiger partial charge on any atom is -0.508 e. The Hall–Kier alpha value is -1.64. The summed E-state index contributed by atoms with van der Waals surface area (Å²) in [6, 6.07) is 7.08. The zero-order valence-corrected chi connectivity index (χ0v) is 14.5. The van der Waals surface area contributed by atoms with Gasteiger partial charge in [-0.2, -0.15) is 13.2 Å². The van der Waals surface area contributed by atoms with E-state index < -0.39 is 17.3 Å². The smallest absolute Gasteiger partial charge is 0.443 e. The van der Waals surface area contributed by atoms with Gasteiger partial charge in [0.2, 0.25) is 0 Å². The number of rotatable bonds is 4. The zero-order valence-electron chi connectivity index (χ0n) is 13.7. The van der Waals surface area contributed by atoms with Crippen LogP contribution in [0.15, 0.2) is 29.6 Å². The van der Waals surface area contributed by atoms with Crippen LogP contribution >= 0.6 is 11.3 Å². The van der Waals surface area contributed by atoms with Crippen molar-refractivity contribution in [3.8, 4) is 5.75 Å². The number of morpholine rings is 1. The highest BCUT2D eigenvalue weighted by Gasteiger charge is 2.36. The minimum absolute atomic E-state index is 0.228. The molecule has 1 aromatic heterocycles. The van der Waals surface area contributed by atoms with E-state index in [9.17, 15) is 18.3 Å². The molecule has 1 saturated heterocycles. The Balaban J connectivity index is 1.63. The van der Waals surface area contributed by atoms with Gasteiger partial charge in [-0.05, 0) is 23.6 Å². The maximum atomic E-state index is 12.7. The fraction of sp³-hybridized carbons (Fsp3) is 0.471. The zero-order chi connectivity index (χ0) is 18.0. The first-order valence-corrected chi connectivity index (χ1v) is 8.86. The lowest BCUT2D eigenvalue weighted by Gasteiger charge is -2.33. The molecule has 1 aromatic carbocycles. The van der Waals surface area contributed by atoms with Gasteiger partial charge < -0.3 is 9.84 Å². The van der Waals surface area contributed by atoms with E-state index in [1.807, 2.05) is 12.1 Å². The van der Waals surface area contributed by atoms with Crippen LogP contribution in [0, 0.1) is 0 Å². The SMILES string of the molecule is CC(CN1CCOC(c2csc(C(F)(F)F)n2)C1)c1ccc(O)cc1. The number of aromatic hydroxyl groups is 1. The number of halogens is 3. The quantitative estimate of drug-likeness (QED) is 0.880. The van der Waals surface area contributed by atoms with Gasteiger partial charge in [0.05, 0.1) is 12.3 Å². The van der Waals surface area contributed by atoms with Crippen LogP contribution in [0.2, 0.25) is 0 Å². The van der Waals surface area contributed by atoms with Gasteiger partial charge in [0, 0.05) is 25.0 Å². The molecule has 2 atom stereocenters. The molecule has 2 aromatic rings. The van der Waals surface area contributed by atoms with E-state index in [-0.39, 0.29) is 11.7 Å². The van der Waals surface area contributed by atoms with Crippen molar-refractivity contribution in [1.29, 1.82) is 0 Å². The normalized spacial score (nSPS) is 20.6. The Kier molecular flexibility index (Phi) is 5.31. The van der Waals surface area contributed by atoms with Crippen LogP contribution in [0.1, 0.15) is 35.2 Å². The minimum atomic E-state index is -4.41. The third-order valence-corrected chi connectivity index (χ3v) is 5.14. The Morgan fingerprint density at radius 3 is 2.72 bits per heavy atom. The molecule has 0 amide bonds. The molecule has 2 heterocycles. The van der Waals surface area contributed by atoms with Crippen molar-refractivity contribution in [2.75, 3.05) is 26.2 Å². The molecule has 8 heteroatoms. The highest BCUT2D eigenvalue weighted by atomic mass is 32.1. The predicted molar refractivity (Wildman–Crippen MR) is 88.8 cm³/mol. The molecule has 25 heavy (non-hydrogen) atoms. The number of thiazole rings is 1. The van der Waals surface area contributed by atoms with E-state index in [0.29, 0.717) is 30.2 Å². The number of hydrogen-bond acceptors (Lipinski definition) is 5. The summed E-state index contributed by atoms with van der Waals surface area (Å²) in [4.78, 5) is 5.88. The van der Waals surface area contributed by atoms with Gasteiger partial charge in [0.15, 0.2) is 5.01 Å². The molecule has 0 spiro atoms. The molecular formula is C17H19F3N2O2S. The van der Waals surface area contributed by atoms with Crippen LogP contribution < -0.4 is 0 Å². The first kappa shape index (κ1) is 18.2. The third kappa shape index (κ3) is 4.50. The molecule has 4 nitrogen and oxygen atoms in total. The lowest BCUT2D eigenvalue weighted by atomic mass is 10.00. The molecule has 1 aliphatic heterocycles. The number of phenols is 1. The van der Waals surface area contributed by atoms with Crippen LogP contribution in [-0.4, -0.2) is 41.2 Å². The second kappa shape index (κ2) is 7.31. The molecule has 1 fully saturated rings. The average Bonchev–Trinajstić information content (AvgIpc) is 3.06. The maximum Gasteiger partial charge on any atom is 0.443 e. The summed E-state index contributed by atoms with van der Waals surface area (Å²) in [7, 11) is 0. The van der Waals surface area contributed by atoms with Crippen LogP contribution in [-0.2, 0) is 10.9 Å². The molecule has 0 aliphatic carbocycles. The highest BCUT2D eigenvalue weighted by molar-refractivity contribution is 7.09. The van der Waals surface area contributed by atoms with Crippen molar-refractivity contribution in [3.63, 3.8) is 0 Å². The van der Waals surface area contributed by atoms with E-state index in [0.717, 1.165) is 18.7 Å². The Labute approximate surface area is 147 Å². The monoisotopic (exact) mass is 372 g/mol. The van der Waals surface area contributed by atoms with E-state index in [1.54, 1.807) is 12.1 Å². The summed E-state index contributed by atoms with van der Waals surface area (Å²) >= 11 is 0.605. The molecule has 1 N–H and O–H groups in total. The maximum absolute atomic E-state index is 12.7. The molecule has 0 bridgehead atoms. The van der Waals surface area contributed by atoms with Crippen molar-refractivity contribution in [3.05, 3.63) is 45.9 Å². The molecule has 3 rings (SSSR count). The number of benzene rings is 1. The Bertz CT molecular complexity index is 703. The number of ether oxygens (including phenoxy) is 1. The topological polar surface area (TPSA) is 45.6 Å². The van der Waals surface area contributed by atoms with Gasteiger partial charge in [-0.25, -0.2) is 4.98 Å². The van der Waals surface area contributed by atoms with Crippen LogP contribution in [0.3, 0.4) is 0 Å². The molecule has 0 saturated carbocycles. The second-order valence-corrected chi connectivity index (χ2v) is 7.04. The first-order chi connectivity index (χ1) is 11.8. The average molecular weight is 372 g/mol. The van der Waals surface area contributed by atoms with E-state index >= 15 is 0 Å². The molecule has 0 radical (unpaired) electrons. The van der Waals surface area contributed by atoms with Gasteiger partial charge in [0.25, 0.3) is 0 Å². The summed E-state index contributed by atoms with van der Waals surface area (Å²) in [6.45, 7) is 4.56. The third-order valence-electron chi connectivity index (χ3n) is 4.24. The molecule has 1 aliphatic rings. The van der Waals surface area contributed by atoms with Gasteiger partial charge in [-0.3, -0.25) is 4.90 Å². The molecule has 136 valence electrons. The standard InChI is InChI=1S/C17H19F3N2O2S/c1-11(12-2-4-13(23)5-3-12)8-22-6-7-24-15(9-22)14-10-25-16(21-14)17(18,19)20/h2-5,10-11,15,23H,6-9H2,1H3. The predicted octanol–water partition coefficient (Wildman–Crippen LogP) is 4.04. The largest absolute Gasteiger partial charge is 0.508 e. The summed E-state index contributed by atoms with van der Waals surface area (Å²) in [5, 5.41) is 9.97. The number of nitrogens with zero attached hydrogens (tertiary/aromatic N) is 2. The molecule has 2 unspecified atom stereocenters. The fourth-order valence-electron chi connectivity index (χ4n) is 2.91. The Morgan fingerprint density at radius 1 is 1.36 bits per heavy atom. The van der Waals surface area contributed by atoms with E-state index in [1.165, 1.54) is 5.38 Å². The van der Waals surface area contributed by atoms with Crippen molar-refractivity contribution >= 4 is 11.3 Å². The van der Waals surface area contributed by atoms with Crippen LogP contribution in [0.5, 0.6) is 5.75 Å². The summed E-state index contributed by atoms with van der Waals surface area (Å²) < 4.78 is 43.8. The molecular weight excluding hydrogens is 353 g/mol. The van der Waals surface area contributed by atoms with E-state index in [4.69, 9.17) is 4.74 Å². The first-order valence-electron chi connectivity index (χ1n) is 7.98. The fourth-order valence-corrected chi connectivity index (χ4v) is 3.64. The summed E-state index contributed by atoms with van der Waals surface area (Å²) in [5.41, 5.74) is 1.45. The van der Waals surface area contributed by atoms with Crippen LogP contribution in [0.4, 0.5) is 13.2 Å². The Morgan fingerprint density at radius 2 is 2.08 bits per heavy atom. The number of alkyl halides is 3. The summed E-state index contributed by atoms with van der Waals surface area (Å²) in [5.74, 6) is 0.465. The van der Waals surface area contributed by atoms with Crippen molar-refractivity contribution in [2.45, 2.75) is 25.1 Å². The lowest BCUT2D eigenvalue weighted by Crippen LogP contribution is -2.40. The number of aromatic nitrogens is 1. The van der Waals surface area contributed by atoms with Gasteiger partial charge in [0.1, 0.15) is 11.9 Å². The van der Waals surface area contributed by atoms with Gasteiger partial charge in [-0.1, -0.05) is 19.1 Å². The van der Waals surface area contributed by atoms with Gasteiger partial charge >= 0.3 is 6.18 Å². The van der Waals surface area contributed by atoms with Crippen molar-refractivity contribution in [2.24, 2.45) is 0 Å². The highest BCUT2D eigenvalue weighted by Crippen LogP contribution is 2.34. The van der Waals surface area contributed by atoms with E-state index in [2.05, 4.69) is 16.8 Å². The number of phenolic OH excluding ortho intramolecular Hbond substituents is 1. The lowest BCUT2D eigenvalue weighted by molar-refractivity contribution is -0.138. The summed E-state index contributed by atoms with van der Waals surface area (Å²) in [6.07, 6.45) is -4.85.